The molecule has 0 spiro atoms. The number of hydrogen-bond donors (Lipinski definition) is 3. The first-order valence-corrected chi connectivity index (χ1v) is 5.71. The van der Waals surface area contributed by atoms with E-state index in [-0.39, 0.29) is 22.8 Å². The van der Waals surface area contributed by atoms with Gasteiger partial charge in [0.15, 0.2) is 5.58 Å². The second kappa shape index (κ2) is 4.27. The van der Waals surface area contributed by atoms with Gasteiger partial charge < -0.3 is 19.7 Å². The monoisotopic (exact) mass is 271 g/mol. The lowest BCUT2D eigenvalue weighted by atomic mass is 10.1. The molecule has 0 aliphatic rings. The molecule has 0 saturated heterocycles. The van der Waals surface area contributed by atoms with Crippen LogP contribution in [0.15, 0.2) is 40.8 Å². The van der Waals surface area contributed by atoms with Gasteiger partial charge >= 0.3 is 5.97 Å². The van der Waals surface area contributed by atoms with Crippen LogP contribution in [-0.2, 0) is 0 Å². The number of aromatic carboxylic acids is 1. The molecule has 6 nitrogen and oxygen atoms in total. The number of phenolic OH excluding ortho intramolecular Hbond substituents is 1. The van der Waals surface area contributed by atoms with Crippen molar-refractivity contribution in [3.05, 3.63) is 42.0 Å². The van der Waals surface area contributed by atoms with Gasteiger partial charge in [-0.1, -0.05) is 12.1 Å². The third kappa shape index (κ3) is 1.83. The number of hydrogen-bond acceptors (Lipinski definition) is 5. The number of nitrogens with zero attached hydrogens (tertiary/aromatic N) is 1. The Hall–Kier alpha value is -3.02. The van der Waals surface area contributed by atoms with Crippen LogP contribution in [0.3, 0.4) is 0 Å². The van der Waals surface area contributed by atoms with E-state index in [0.29, 0.717) is 11.1 Å². The van der Waals surface area contributed by atoms with Crippen LogP contribution in [-0.4, -0.2) is 26.3 Å². The molecule has 0 aliphatic heterocycles. The Morgan fingerprint density at radius 1 is 1.10 bits per heavy atom. The maximum atomic E-state index is 10.9. The Kier molecular flexibility index (Phi) is 2.57. The molecule has 3 rings (SSSR count). The minimum atomic E-state index is -1.33. The van der Waals surface area contributed by atoms with Crippen molar-refractivity contribution in [2.75, 3.05) is 0 Å². The lowest BCUT2D eigenvalue weighted by Gasteiger charge is -2.04. The summed E-state index contributed by atoms with van der Waals surface area (Å²) in [4.78, 5) is 15.0. The van der Waals surface area contributed by atoms with E-state index in [4.69, 9.17) is 9.52 Å². The predicted octanol–water partition coefficient (Wildman–Crippen LogP) is 2.60. The summed E-state index contributed by atoms with van der Waals surface area (Å²) in [5.74, 6) is -2.02. The van der Waals surface area contributed by atoms with Gasteiger partial charge in [0, 0.05) is 0 Å². The van der Waals surface area contributed by atoms with E-state index in [1.54, 1.807) is 24.3 Å². The zero-order chi connectivity index (χ0) is 14.3. The molecule has 0 fully saturated rings. The fourth-order valence-electron chi connectivity index (χ4n) is 1.91. The van der Waals surface area contributed by atoms with E-state index < -0.39 is 11.7 Å². The lowest BCUT2D eigenvalue weighted by molar-refractivity contribution is 0.0693. The zero-order valence-electron chi connectivity index (χ0n) is 10.1. The van der Waals surface area contributed by atoms with Gasteiger partial charge in [-0.3, -0.25) is 0 Å². The maximum absolute atomic E-state index is 10.9. The van der Waals surface area contributed by atoms with Gasteiger partial charge in [-0.15, -0.1) is 0 Å². The van der Waals surface area contributed by atoms with Crippen LogP contribution in [0.2, 0.25) is 0 Å². The van der Waals surface area contributed by atoms with Crippen molar-refractivity contribution in [2.45, 2.75) is 0 Å². The molecule has 0 aliphatic carbocycles. The highest BCUT2D eigenvalue weighted by Gasteiger charge is 2.18. The number of rotatable bonds is 2. The Morgan fingerprint density at radius 3 is 2.55 bits per heavy atom. The van der Waals surface area contributed by atoms with Gasteiger partial charge in [0.2, 0.25) is 5.89 Å². The SMILES string of the molecule is O=C(O)c1cc(O)c(-c2nc3ccccc3o2)cc1O. The molecule has 2 aromatic carbocycles. The highest BCUT2D eigenvalue weighted by atomic mass is 16.4. The number of aromatic nitrogens is 1. The summed E-state index contributed by atoms with van der Waals surface area (Å²) >= 11 is 0. The minimum Gasteiger partial charge on any atom is -0.507 e. The first-order chi connectivity index (χ1) is 9.56. The lowest BCUT2D eigenvalue weighted by Crippen LogP contribution is -1.97. The van der Waals surface area contributed by atoms with Crippen molar-refractivity contribution in [3.8, 4) is 23.0 Å². The van der Waals surface area contributed by atoms with E-state index in [1.165, 1.54) is 0 Å². The van der Waals surface area contributed by atoms with Gasteiger partial charge in [-0.25, -0.2) is 9.78 Å². The maximum Gasteiger partial charge on any atom is 0.339 e. The van der Waals surface area contributed by atoms with Gasteiger partial charge in [-0.2, -0.15) is 0 Å². The van der Waals surface area contributed by atoms with Crippen LogP contribution in [0, 0.1) is 0 Å². The number of fused-ring (bicyclic) bond motifs is 1. The number of phenols is 2. The van der Waals surface area contributed by atoms with E-state index in [0.717, 1.165) is 12.1 Å². The van der Waals surface area contributed by atoms with Gasteiger partial charge in [0.05, 0.1) is 5.56 Å². The first kappa shape index (κ1) is 12.0. The number of carboxylic acids is 1. The molecule has 0 saturated carbocycles. The molecule has 0 atom stereocenters. The molecule has 3 N–H and O–H groups in total. The summed E-state index contributed by atoms with van der Waals surface area (Å²) in [6, 6.07) is 9.10. The number of oxazole rings is 1. The van der Waals surface area contributed by atoms with Crippen LogP contribution in [0.4, 0.5) is 0 Å². The van der Waals surface area contributed by atoms with Crippen molar-refractivity contribution in [2.24, 2.45) is 0 Å². The normalized spacial score (nSPS) is 10.8. The minimum absolute atomic E-state index is 0.107. The fraction of sp³-hybridized carbons (Fsp3) is 0. The highest BCUT2D eigenvalue weighted by molar-refractivity contribution is 5.93. The van der Waals surface area contributed by atoms with Crippen molar-refractivity contribution in [1.82, 2.24) is 4.98 Å². The van der Waals surface area contributed by atoms with Crippen molar-refractivity contribution < 1.29 is 24.5 Å². The third-order valence-corrected chi connectivity index (χ3v) is 2.87. The largest absolute Gasteiger partial charge is 0.507 e. The Bertz CT molecular complexity index is 789. The summed E-state index contributed by atoms with van der Waals surface area (Å²) in [6.45, 7) is 0. The molecule has 0 bridgehead atoms. The van der Waals surface area contributed by atoms with E-state index >= 15 is 0 Å². The predicted molar refractivity (Wildman–Crippen MR) is 69.7 cm³/mol. The fourth-order valence-corrected chi connectivity index (χ4v) is 1.91. The number of benzene rings is 2. The standard InChI is InChI=1S/C14H9NO5/c16-10-6-8(14(18)19)11(17)5-7(10)13-15-9-3-1-2-4-12(9)20-13/h1-6,16-17H,(H,18,19). The summed E-state index contributed by atoms with van der Waals surface area (Å²) in [5, 5.41) is 28.4. The molecule has 0 radical (unpaired) electrons. The molecular weight excluding hydrogens is 262 g/mol. The molecule has 1 heterocycles. The second-order valence-corrected chi connectivity index (χ2v) is 4.18. The molecule has 0 amide bonds. The van der Waals surface area contributed by atoms with Crippen LogP contribution in [0.25, 0.3) is 22.6 Å². The number of carbonyl (C=O) groups is 1. The summed E-state index contributed by atoms with van der Waals surface area (Å²) in [5.41, 5.74) is 0.874. The topological polar surface area (TPSA) is 104 Å². The third-order valence-electron chi connectivity index (χ3n) is 2.87. The molecule has 0 unspecified atom stereocenters. The highest BCUT2D eigenvalue weighted by Crippen LogP contribution is 2.35. The van der Waals surface area contributed by atoms with E-state index in [2.05, 4.69) is 4.98 Å². The Balaban J connectivity index is 2.19. The van der Waals surface area contributed by atoms with Crippen LogP contribution in [0.5, 0.6) is 11.5 Å². The average Bonchev–Trinajstić information content (AvgIpc) is 2.84. The summed E-state index contributed by atoms with van der Waals surface area (Å²) in [7, 11) is 0. The molecule has 6 heteroatoms. The van der Waals surface area contributed by atoms with Crippen molar-refractivity contribution >= 4 is 17.1 Å². The van der Waals surface area contributed by atoms with Gasteiger partial charge in [0.25, 0.3) is 0 Å². The van der Waals surface area contributed by atoms with Gasteiger partial charge in [-0.05, 0) is 24.3 Å². The molecule has 100 valence electrons. The molecule has 1 aromatic heterocycles. The smallest absolute Gasteiger partial charge is 0.339 e. The van der Waals surface area contributed by atoms with E-state index in [1.807, 2.05) is 0 Å². The second-order valence-electron chi connectivity index (χ2n) is 4.18. The number of aromatic hydroxyl groups is 2. The Labute approximate surface area is 112 Å². The summed E-state index contributed by atoms with van der Waals surface area (Å²) in [6.07, 6.45) is 0. The van der Waals surface area contributed by atoms with Crippen LogP contribution in [0.1, 0.15) is 10.4 Å². The number of para-hydroxylation sites is 2. The van der Waals surface area contributed by atoms with E-state index in [9.17, 15) is 15.0 Å². The first-order valence-electron chi connectivity index (χ1n) is 5.71. The quantitative estimate of drug-likeness (QED) is 0.619. The molecule has 3 aromatic rings. The van der Waals surface area contributed by atoms with Gasteiger partial charge in [0.1, 0.15) is 22.6 Å². The molecule has 20 heavy (non-hydrogen) atoms. The molecular formula is C14H9NO5. The average molecular weight is 271 g/mol. The van der Waals surface area contributed by atoms with Crippen molar-refractivity contribution in [1.29, 1.82) is 0 Å². The van der Waals surface area contributed by atoms with Crippen molar-refractivity contribution in [3.63, 3.8) is 0 Å². The number of carboxylic acid groups (broad SMARTS) is 1. The Morgan fingerprint density at radius 2 is 1.85 bits per heavy atom. The summed E-state index contributed by atoms with van der Waals surface area (Å²) < 4.78 is 5.46. The van der Waals surface area contributed by atoms with Crippen LogP contribution >= 0.6 is 0 Å². The zero-order valence-corrected chi connectivity index (χ0v) is 10.1. The van der Waals surface area contributed by atoms with Crippen LogP contribution < -0.4 is 0 Å².